The molecule has 24 heavy (non-hydrogen) atoms. The molecular formula is C16H24F3N3O2. The highest BCUT2D eigenvalue weighted by atomic mass is 19.4. The molecule has 1 unspecified atom stereocenters. The third-order valence-electron chi connectivity index (χ3n) is 3.34. The van der Waals surface area contributed by atoms with Crippen molar-refractivity contribution < 1.29 is 22.7 Å². The number of hydrogen-bond acceptors (Lipinski definition) is 3. The topological polar surface area (TPSA) is 53.6 Å². The van der Waals surface area contributed by atoms with Crippen molar-refractivity contribution in [1.82, 2.24) is 15.5 Å². The molecule has 0 bridgehead atoms. The number of carbonyl (C=O) groups excluding carboxylic acids is 1. The van der Waals surface area contributed by atoms with E-state index >= 15 is 0 Å². The minimum Gasteiger partial charge on any atom is -0.370 e. The number of benzene rings is 1. The van der Waals surface area contributed by atoms with Crippen molar-refractivity contribution in [3.63, 3.8) is 0 Å². The number of carbonyl (C=O) groups is 1. The third-order valence-corrected chi connectivity index (χ3v) is 3.34. The normalized spacial score (nSPS) is 12.9. The van der Waals surface area contributed by atoms with Crippen LogP contribution in [0.2, 0.25) is 0 Å². The number of hydrogen-bond donors (Lipinski definition) is 2. The summed E-state index contributed by atoms with van der Waals surface area (Å²) in [6.45, 7) is -1.05. The molecule has 1 atom stereocenters. The predicted molar refractivity (Wildman–Crippen MR) is 85.9 cm³/mol. The van der Waals surface area contributed by atoms with Crippen LogP contribution in [0.5, 0.6) is 0 Å². The Kier molecular flexibility index (Phi) is 8.56. The van der Waals surface area contributed by atoms with E-state index in [2.05, 4.69) is 15.4 Å². The van der Waals surface area contributed by atoms with Gasteiger partial charge in [-0.05, 0) is 26.1 Å². The van der Waals surface area contributed by atoms with E-state index < -0.39 is 18.8 Å². The highest BCUT2D eigenvalue weighted by Gasteiger charge is 2.27. The molecule has 5 nitrogen and oxygen atoms in total. The van der Waals surface area contributed by atoms with Crippen LogP contribution in [0.3, 0.4) is 0 Å². The van der Waals surface area contributed by atoms with Crippen LogP contribution in [0.1, 0.15) is 5.56 Å². The van der Waals surface area contributed by atoms with Crippen LogP contribution in [0.15, 0.2) is 30.3 Å². The minimum absolute atomic E-state index is 0.0211. The molecule has 1 aromatic rings. The largest absolute Gasteiger partial charge is 0.411 e. The summed E-state index contributed by atoms with van der Waals surface area (Å²) >= 11 is 0. The van der Waals surface area contributed by atoms with E-state index in [-0.39, 0.29) is 19.2 Å². The van der Waals surface area contributed by atoms with E-state index in [0.29, 0.717) is 6.54 Å². The smallest absolute Gasteiger partial charge is 0.370 e. The highest BCUT2D eigenvalue weighted by molar-refractivity contribution is 5.73. The van der Waals surface area contributed by atoms with Gasteiger partial charge in [0, 0.05) is 19.1 Å². The van der Waals surface area contributed by atoms with Crippen molar-refractivity contribution in [3.05, 3.63) is 35.9 Å². The predicted octanol–water partition coefficient (Wildman–Crippen LogP) is 2.04. The zero-order chi connectivity index (χ0) is 18.0. The molecule has 0 spiro atoms. The summed E-state index contributed by atoms with van der Waals surface area (Å²) in [6.07, 6.45) is -3.57. The van der Waals surface area contributed by atoms with E-state index in [1.807, 2.05) is 49.3 Å². The van der Waals surface area contributed by atoms with Crippen molar-refractivity contribution in [2.75, 3.05) is 40.4 Å². The monoisotopic (exact) mass is 347 g/mol. The number of nitrogens with zero attached hydrogens (tertiary/aromatic N) is 1. The molecule has 0 saturated carbocycles. The van der Waals surface area contributed by atoms with Crippen molar-refractivity contribution in [2.45, 2.75) is 18.6 Å². The van der Waals surface area contributed by atoms with E-state index in [1.54, 1.807) is 0 Å². The van der Waals surface area contributed by atoms with E-state index in [0.717, 1.165) is 6.42 Å². The van der Waals surface area contributed by atoms with Crippen LogP contribution in [-0.2, 0) is 11.2 Å². The summed E-state index contributed by atoms with van der Waals surface area (Å²) in [6, 6.07) is 9.60. The maximum Gasteiger partial charge on any atom is 0.411 e. The number of halogens is 3. The lowest BCUT2D eigenvalue weighted by atomic mass is 10.1. The summed E-state index contributed by atoms with van der Waals surface area (Å²) in [5.41, 5.74) is 1.17. The fraction of sp³-hybridized carbons (Fsp3) is 0.562. The highest BCUT2D eigenvalue weighted by Crippen LogP contribution is 2.13. The Morgan fingerprint density at radius 1 is 1.21 bits per heavy atom. The van der Waals surface area contributed by atoms with Crippen LogP contribution in [0, 0.1) is 0 Å². The number of likely N-dealkylation sites (N-methyl/N-ethyl adjacent to an activating group) is 1. The van der Waals surface area contributed by atoms with Crippen molar-refractivity contribution in [3.8, 4) is 0 Å². The van der Waals surface area contributed by atoms with Gasteiger partial charge in [-0.25, -0.2) is 4.79 Å². The van der Waals surface area contributed by atoms with Crippen LogP contribution in [-0.4, -0.2) is 63.5 Å². The van der Waals surface area contributed by atoms with Gasteiger partial charge >= 0.3 is 12.2 Å². The van der Waals surface area contributed by atoms with Crippen molar-refractivity contribution in [1.29, 1.82) is 0 Å². The van der Waals surface area contributed by atoms with Crippen LogP contribution in [0.4, 0.5) is 18.0 Å². The Morgan fingerprint density at radius 2 is 1.88 bits per heavy atom. The molecule has 0 aliphatic rings. The Balaban J connectivity index is 2.25. The van der Waals surface area contributed by atoms with Gasteiger partial charge in [-0.1, -0.05) is 30.3 Å². The van der Waals surface area contributed by atoms with Gasteiger partial charge < -0.3 is 20.3 Å². The van der Waals surface area contributed by atoms with Gasteiger partial charge in [0.15, 0.2) is 0 Å². The maximum atomic E-state index is 11.9. The summed E-state index contributed by atoms with van der Waals surface area (Å²) < 4.78 is 40.0. The molecule has 1 aromatic carbocycles. The van der Waals surface area contributed by atoms with Gasteiger partial charge in [0.25, 0.3) is 0 Å². The fourth-order valence-electron chi connectivity index (χ4n) is 2.02. The first-order valence-corrected chi connectivity index (χ1v) is 7.64. The summed E-state index contributed by atoms with van der Waals surface area (Å²) in [7, 11) is 3.86. The quantitative estimate of drug-likeness (QED) is 0.672. The lowest BCUT2D eigenvalue weighted by molar-refractivity contribution is -0.173. The van der Waals surface area contributed by atoms with Crippen molar-refractivity contribution in [2.24, 2.45) is 0 Å². The molecule has 0 aliphatic carbocycles. The van der Waals surface area contributed by atoms with Gasteiger partial charge in [0.05, 0.1) is 6.61 Å². The SMILES string of the molecule is CN(C)C(CNC(=O)NCCOCC(F)(F)F)Cc1ccccc1. The molecule has 0 aromatic heterocycles. The maximum absolute atomic E-state index is 11.9. The molecule has 0 saturated heterocycles. The first-order valence-electron chi connectivity index (χ1n) is 7.64. The lowest BCUT2D eigenvalue weighted by Gasteiger charge is -2.24. The molecule has 8 heteroatoms. The second-order valence-electron chi connectivity index (χ2n) is 5.61. The number of rotatable bonds is 9. The van der Waals surface area contributed by atoms with Gasteiger partial charge in [-0.15, -0.1) is 0 Å². The number of amides is 2. The Hall–Kier alpha value is -1.80. The second-order valence-corrected chi connectivity index (χ2v) is 5.61. The molecule has 136 valence electrons. The van der Waals surface area contributed by atoms with Crippen LogP contribution < -0.4 is 10.6 Å². The van der Waals surface area contributed by atoms with Gasteiger partial charge in [-0.3, -0.25) is 0 Å². The van der Waals surface area contributed by atoms with Crippen LogP contribution >= 0.6 is 0 Å². The zero-order valence-corrected chi connectivity index (χ0v) is 13.9. The van der Waals surface area contributed by atoms with Gasteiger partial charge in [-0.2, -0.15) is 13.2 Å². The summed E-state index contributed by atoms with van der Waals surface area (Å²) in [5, 5.41) is 5.19. The average molecular weight is 347 g/mol. The van der Waals surface area contributed by atoms with E-state index in [4.69, 9.17) is 0 Å². The van der Waals surface area contributed by atoms with Gasteiger partial charge in [0.2, 0.25) is 0 Å². The second kappa shape index (κ2) is 10.1. The summed E-state index contributed by atoms with van der Waals surface area (Å²) in [5.74, 6) is 0. The molecule has 2 N–H and O–H groups in total. The molecule has 0 heterocycles. The molecule has 0 fully saturated rings. The molecule has 2 amide bonds. The first kappa shape index (κ1) is 20.2. The number of ether oxygens (including phenoxy) is 1. The number of urea groups is 1. The number of nitrogens with one attached hydrogen (secondary N) is 2. The summed E-state index contributed by atoms with van der Waals surface area (Å²) in [4.78, 5) is 13.7. The van der Waals surface area contributed by atoms with Gasteiger partial charge in [0.1, 0.15) is 6.61 Å². The lowest BCUT2D eigenvalue weighted by Crippen LogP contribution is -2.45. The Bertz CT molecular complexity index is 481. The van der Waals surface area contributed by atoms with E-state index in [1.165, 1.54) is 5.56 Å². The molecular weight excluding hydrogens is 323 g/mol. The van der Waals surface area contributed by atoms with Crippen LogP contribution in [0.25, 0.3) is 0 Å². The minimum atomic E-state index is -4.35. The molecule has 0 radical (unpaired) electrons. The van der Waals surface area contributed by atoms with E-state index in [9.17, 15) is 18.0 Å². The molecule has 0 aliphatic heterocycles. The fourth-order valence-corrected chi connectivity index (χ4v) is 2.02. The first-order chi connectivity index (χ1) is 11.3. The third kappa shape index (κ3) is 9.36. The number of alkyl halides is 3. The average Bonchev–Trinajstić information content (AvgIpc) is 2.50. The van der Waals surface area contributed by atoms with Crippen molar-refractivity contribution >= 4 is 6.03 Å². The molecule has 1 rings (SSSR count). The Morgan fingerprint density at radius 3 is 2.46 bits per heavy atom. The zero-order valence-electron chi connectivity index (χ0n) is 13.9. The Labute approximate surface area is 140 Å². The standard InChI is InChI=1S/C16H24F3N3O2/c1-22(2)14(10-13-6-4-3-5-7-13)11-21-15(23)20-8-9-24-12-16(17,18)19/h3-7,14H,8-12H2,1-2H3,(H2,20,21,23).